The minimum Gasteiger partial charge on any atom is -0.396 e. The molecule has 1 saturated heterocycles. The number of hydrogen-bond acceptors (Lipinski definition) is 10. The Morgan fingerprint density at radius 3 is 2.00 bits per heavy atom. The van der Waals surface area contributed by atoms with Crippen molar-refractivity contribution >= 4 is 0 Å². The van der Waals surface area contributed by atoms with Crippen molar-refractivity contribution in [3.8, 4) is 0 Å². The molecular formula is C13H24O10. The maximum atomic E-state index is 10.1. The Labute approximate surface area is 132 Å². The van der Waals surface area contributed by atoms with Gasteiger partial charge in [-0.3, -0.25) is 0 Å². The van der Waals surface area contributed by atoms with E-state index < -0.39 is 74.3 Å². The molecule has 0 aromatic carbocycles. The fourth-order valence-corrected chi connectivity index (χ4v) is 2.96. The second-order valence-corrected chi connectivity index (χ2v) is 6.02. The SMILES string of the molecule is OCC1O[C@H](O[C@@H]2C(O)[C@H](O)CC(CO)[C@@H]2O)C(O)[C@@H](O)[C@H]1O. The predicted octanol–water partition coefficient (Wildman–Crippen LogP) is -4.73. The highest BCUT2D eigenvalue weighted by atomic mass is 16.7. The second-order valence-electron chi connectivity index (χ2n) is 6.02. The lowest BCUT2D eigenvalue weighted by Crippen LogP contribution is -2.63. The summed E-state index contributed by atoms with van der Waals surface area (Å²) in [5.41, 5.74) is 0. The summed E-state index contributed by atoms with van der Waals surface area (Å²) in [6.45, 7) is -1.10. The first kappa shape index (κ1) is 18.9. The van der Waals surface area contributed by atoms with Gasteiger partial charge in [0.25, 0.3) is 0 Å². The van der Waals surface area contributed by atoms with E-state index in [1.54, 1.807) is 0 Å². The van der Waals surface area contributed by atoms with Gasteiger partial charge in [-0.2, -0.15) is 0 Å². The third kappa shape index (κ3) is 3.66. The Morgan fingerprint density at radius 1 is 0.783 bits per heavy atom. The summed E-state index contributed by atoms with van der Waals surface area (Å²) in [6.07, 6.45) is -13.2. The van der Waals surface area contributed by atoms with Crippen LogP contribution in [0.4, 0.5) is 0 Å². The zero-order valence-corrected chi connectivity index (χ0v) is 12.3. The van der Waals surface area contributed by atoms with Gasteiger partial charge in [-0.1, -0.05) is 0 Å². The zero-order chi connectivity index (χ0) is 17.3. The largest absolute Gasteiger partial charge is 0.396 e. The van der Waals surface area contributed by atoms with Crippen LogP contribution in [-0.4, -0.2) is 109 Å². The van der Waals surface area contributed by atoms with E-state index in [1.807, 2.05) is 0 Å². The van der Waals surface area contributed by atoms with Crippen molar-refractivity contribution in [1.29, 1.82) is 0 Å². The normalized spacial score (nSPS) is 51.7. The molecule has 136 valence electrons. The van der Waals surface area contributed by atoms with E-state index in [4.69, 9.17) is 14.6 Å². The molecule has 2 fully saturated rings. The summed E-state index contributed by atoms with van der Waals surface area (Å²) in [6, 6.07) is 0. The summed E-state index contributed by atoms with van der Waals surface area (Å²) in [4.78, 5) is 0. The number of rotatable bonds is 4. The molecule has 1 heterocycles. The van der Waals surface area contributed by atoms with Crippen molar-refractivity contribution in [3.05, 3.63) is 0 Å². The molecule has 0 spiro atoms. The third-order valence-electron chi connectivity index (χ3n) is 4.47. The molecule has 2 rings (SSSR count). The molecule has 0 amide bonds. The standard InChI is InChI=1S/C13H24O10/c14-2-4-1-5(16)8(18)12(7(4)17)23-13-11(21)10(20)9(19)6(3-15)22-13/h4-21H,1-3H2/t4?,5-,6?,7+,8?,9+,10+,11?,12+,13-/m1/s1. The van der Waals surface area contributed by atoms with Crippen LogP contribution in [0.3, 0.4) is 0 Å². The van der Waals surface area contributed by atoms with Crippen LogP contribution >= 0.6 is 0 Å². The Morgan fingerprint density at radius 2 is 1.43 bits per heavy atom. The molecule has 1 aliphatic heterocycles. The smallest absolute Gasteiger partial charge is 0.187 e. The lowest BCUT2D eigenvalue weighted by molar-refractivity contribution is -0.332. The van der Waals surface area contributed by atoms with E-state index in [9.17, 15) is 35.7 Å². The van der Waals surface area contributed by atoms with Crippen LogP contribution in [0.15, 0.2) is 0 Å². The topological polar surface area (TPSA) is 180 Å². The first-order valence-electron chi connectivity index (χ1n) is 7.42. The van der Waals surface area contributed by atoms with E-state index in [-0.39, 0.29) is 6.42 Å². The van der Waals surface area contributed by atoms with Crippen LogP contribution in [0.2, 0.25) is 0 Å². The van der Waals surface area contributed by atoms with Crippen LogP contribution in [0.5, 0.6) is 0 Å². The maximum Gasteiger partial charge on any atom is 0.187 e. The fraction of sp³-hybridized carbons (Fsp3) is 1.00. The minimum absolute atomic E-state index is 0.0344. The number of aliphatic hydroxyl groups excluding tert-OH is 8. The molecular weight excluding hydrogens is 316 g/mol. The van der Waals surface area contributed by atoms with Crippen molar-refractivity contribution in [1.82, 2.24) is 0 Å². The highest BCUT2D eigenvalue weighted by molar-refractivity contribution is 4.95. The van der Waals surface area contributed by atoms with E-state index in [0.717, 1.165) is 0 Å². The summed E-state index contributed by atoms with van der Waals surface area (Å²) in [5, 5.41) is 77.4. The van der Waals surface area contributed by atoms with Gasteiger partial charge in [-0.25, -0.2) is 0 Å². The van der Waals surface area contributed by atoms with E-state index >= 15 is 0 Å². The van der Waals surface area contributed by atoms with Crippen LogP contribution in [0, 0.1) is 5.92 Å². The summed E-state index contributed by atoms with van der Waals surface area (Å²) < 4.78 is 10.4. The minimum atomic E-state index is -1.70. The molecule has 1 aliphatic carbocycles. The molecule has 1 saturated carbocycles. The zero-order valence-electron chi connectivity index (χ0n) is 12.3. The molecule has 8 N–H and O–H groups in total. The van der Waals surface area contributed by atoms with Crippen molar-refractivity contribution < 1.29 is 50.3 Å². The van der Waals surface area contributed by atoms with Crippen LogP contribution in [0.25, 0.3) is 0 Å². The van der Waals surface area contributed by atoms with Gasteiger partial charge in [0.05, 0.1) is 18.8 Å². The Balaban J connectivity index is 2.11. The maximum absolute atomic E-state index is 10.1. The van der Waals surface area contributed by atoms with E-state index in [0.29, 0.717) is 0 Å². The highest BCUT2D eigenvalue weighted by Gasteiger charge is 2.49. The lowest BCUT2D eigenvalue weighted by Gasteiger charge is -2.45. The fourth-order valence-electron chi connectivity index (χ4n) is 2.96. The van der Waals surface area contributed by atoms with Gasteiger partial charge >= 0.3 is 0 Å². The Bertz CT molecular complexity index is 380. The second kappa shape index (κ2) is 7.66. The van der Waals surface area contributed by atoms with Gasteiger partial charge in [0, 0.05) is 12.5 Å². The lowest BCUT2D eigenvalue weighted by atomic mass is 9.81. The van der Waals surface area contributed by atoms with Crippen LogP contribution in [-0.2, 0) is 9.47 Å². The Hall–Kier alpha value is -0.400. The predicted molar refractivity (Wildman–Crippen MR) is 71.9 cm³/mol. The van der Waals surface area contributed by atoms with Gasteiger partial charge in [-0.05, 0) is 6.42 Å². The number of aliphatic hydroxyl groups is 8. The summed E-state index contributed by atoms with van der Waals surface area (Å²) in [5.74, 6) is -0.747. The van der Waals surface area contributed by atoms with E-state index in [1.165, 1.54) is 0 Å². The molecule has 23 heavy (non-hydrogen) atoms. The first-order valence-corrected chi connectivity index (χ1v) is 7.42. The van der Waals surface area contributed by atoms with Gasteiger partial charge in [0.2, 0.25) is 0 Å². The molecule has 0 aromatic rings. The van der Waals surface area contributed by atoms with Crippen molar-refractivity contribution in [2.75, 3.05) is 13.2 Å². The monoisotopic (exact) mass is 340 g/mol. The number of ether oxygens (including phenoxy) is 2. The van der Waals surface area contributed by atoms with E-state index in [2.05, 4.69) is 0 Å². The van der Waals surface area contributed by atoms with Crippen LogP contribution < -0.4 is 0 Å². The van der Waals surface area contributed by atoms with Gasteiger partial charge in [-0.15, -0.1) is 0 Å². The van der Waals surface area contributed by atoms with Crippen LogP contribution in [0.1, 0.15) is 6.42 Å². The van der Waals surface area contributed by atoms with Gasteiger partial charge < -0.3 is 50.3 Å². The highest BCUT2D eigenvalue weighted by Crippen LogP contribution is 2.31. The van der Waals surface area contributed by atoms with Gasteiger partial charge in [0.15, 0.2) is 6.29 Å². The average molecular weight is 340 g/mol. The molecule has 2 aliphatic rings. The Kier molecular flexibility index (Phi) is 6.30. The van der Waals surface area contributed by atoms with Crippen molar-refractivity contribution in [2.24, 2.45) is 5.92 Å². The summed E-state index contributed by atoms with van der Waals surface area (Å²) in [7, 11) is 0. The molecule has 10 atom stereocenters. The first-order chi connectivity index (χ1) is 10.8. The van der Waals surface area contributed by atoms with Gasteiger partial charge in [0.1, 0.15) is 36.6 Å². The molecule has 10 nitrogen and oxygen atoms in total. The molecule has 4 unspecified atom stereocenters. The molecule has 0 aromatic heterocycles. The third-order valence-corrected chi connectivity index (χ3v) is 4.47. The molecule has 0 bridgehead atoms. The number of hydrogen-bond donors (Lipinski definition) is 8. The molecule has 0 radical (unpaired) electrons. The summed E-state index contributed by atoms with van der Waals surface area (Å²) >= 11 is 0. The average Bonchev–Trinajstić information content (AvgIpc) is 2.54. The quantitative estimate of drug-likeness (QED) is 0.247. The molecule has 10 heteroatoms. The van der Waals surface area contributed by atoms with Crippen molar-refractivity contribution in [2.45, 2.75) is 61.5 Å². The van der Waals surface area contributed by atoms with Crippen molar-refractivity contribution in [3.63, 3.8) is 0 Å².